The van der Waals surface area contributed by atoms with E-state index in [1.165, 1.54) is 19.3 Å². The van der Waals surface area contributed by atoms with Crippen molar-refractivity contribution < 1.29 is 9.18 Å². The zero-order chi connectivity index (χ0) is 12.3. The van der Waals surface area contributed by atoms with Crippen molar-refractivity contribution in [2.24, 2.45) is 5.92 Å². The standard InChI is InChI=1S/C11H16FN3OS/c12-8-9(17-15-10(8)13)11(16)14-6-7-4-2-1-3-5-7/h7H,1-6H2,(H2,13,15)(H,14,16). The average molecular weight is 257 g/mol. The lowest BCUT2D eigenvalue weighted by molar-refractivity contribution is 0.0944. The summed E-state index contributed by atoms with van der Waals surface area (Å²) in [6, 6.07) is 0. The molecule has 1 aliphatic rings. The Balaban J connectivity index is 1.86. The van der Waals surface area contributed by atoms with Gasteiger partial charge in [0.05, 0.1) is 0 Å². The molecule has 1 heterocycles. The number of rotatable bonds is 3. The molecular weight excluding hydrogens is 241 g/mol. The molecule has 1 aromatic heterocycles. The van der Waals surface area contributed by atoms with Gasteiger partial charge in [0.25, 0.3) is 5.91 Å². The molecule has 3 N–H and O–H groups in total. The fraction of sp³-hybridized carbons (Fsp3) is 0.636. The number of amides is 1. The van der Waals surface area contributed by atoms with Crippen LogP contribution in [0.4, 0.5) is 10.2 Å². The lowest BCUT2D eigenvalue weighted by atomic mass is 9.89. The van der Waals surface area contributed by atoms with E-state index in [0.717, 1.165) is 24.4 Å². The van der Waals surface area contributed by atoms with E-state index >= 15 is 0 Å². The van der Waals surface area contributed by atoms with Crippen molar-refractivity contribution in [3.63, 3.8) is 0 Å². The molecule has 1 fully saturated rings. The van der Waals surface area contributed by atoms with Crippen molar-refractivity contribution in [2.75, 3.05) is 12.3 Å². The summed E-state index contributed by atoms with van der Waals surface area (Å²) < 4.78 is 17.0. The fourth-order valence-corrected chi connectivity index (χ4v) is 2.75. The van der Waals surface area contributed by atoms with Crippen molar-refractivity contribution in [2.45, 2.75) is 32.1 Å². The molecule has 0 spiro atoms. The molecule has 1 aromatic rings. The zero-order valence-electron chi connectivity index (χ0n) is 9.54. The second kappa shape index (κ2) is 5.44. The van der Waals surface area contributed by atoms with Crippen molar-refractivity contribution in [1.82, 2.24) is 9.69 Å². The minimum atomic E-state index is -0.698. The third-order valence-electron chi connectivity index (χ3n) is 3.14. The zero-order valence-corrected chi connectivity index (χ0v) is 10.4. The number of nitrogens with one attached hydrogen (secondary N) is 1. The number of hydrogen-bond donors (Lipinski definition) is 2. The Bertz CT molecular complexity index is 401. The largest absolute Gasteiger partial charge is 0.380 e. The Morgan fingerprint density at radius 2 is 2.18 bits per heavy atom. The Kier molecular flexibility index (Phi) is 3.93. The van der Waals surface area contributed by atoms with E-state index in [9.17, 15) is 9.18 Å². The minimum absolute atomic E-state index is 0.0155. The van der Waals surface area contributed by atoms with Crippen molar-refractivity contribution in [1.29, 1.82) is 0 Å². The molecule has 1 aliphatic carbocycles. The predicted molar refractivity (Wildman–Crippen MR) is 65.4 cm³/mol. The molecule has 1 saturated carbocycles. The van der Waals surface area contributed by atoms with Crippen molar-refractivity contribution in [3.8, 4) is 0 Å². The number of nitrogens with zero attached hydrogens (tertiary/aromatic N) is 1. The van der Waals surface area contributed by atoms with Gasteiger partial charge in [0, 0.05) is 6.54 Å². The first-order valence-corrected chi connectivity index (χ1v) is 6.64. The van der Waals surface area contributed by atoms with Crippen LogP contribution in [0.2, 0.25) is 0 Å². The van der Waals surface area contributed by atoms with E-state index < -0.39 is 11.7 Å². The number of carbonyl (C=O) groups excluding carboxylic acids is 1. The smallest absolute Gasteiger partial charge is 0.266 e. The Morgan fingerprint density at radius 1 is 1.47 bits per heavy atom. The second-order valence-corrected chi connectivity index (χ2v) is 5.20. The van der Waals surface area contributed by atoms with Gasteiger partial charge in [-0.2, -0.15) is 4.37 Å². The highest BCUT2D eigenvalue weighted by molar-refractivity contribution is 7.08. The van der Waals surface area contributed by atoms with Gasteiger partial charge < -0.3 is 11.1 Å². The third-order valence-corrected chi connectivity index (χ3v) is 3.98. The van der Waals surface area contributed by atoms with E-state index in [-0.39, 0.29) is 10.7 Å². The van der Waals surface area contributed by atoms with Gasteiger partial charge in [0.1, 0.15) is 0 Å². The first-order valence-electron chi connectivity index (χ1n) is 5.87. The first kappa shape index (κ1) is 12.3. The molecule has 0 aromatic carbocycles. The highest BCUT2D eigenvalue weighted by Gasteiger charge is 2.20. The molecule has 0 atom stereocenters. The third kappa shape index (κ3) is 2.94. The fourth-order valence-electron chi connectivity index (χ4n) is 2.14. The summed E-state index contributed by atoms with van der Waals surface area (Å²) in [6.07, 6.45) is 6.02. The number of aromatic nitrogens is 1. The second-order valence-electron chi connectivity index (χ2n) is 4.42. The van der Waals surface area contributed by atoms with E-state index in [0.29, 0.717) is 12.5 Å². The summed E-state index contributed by atoms with van der Waals surface area (Å²) in [7, 11) is 0. The number of hydrogen-bond acceptors (Lipinski definition) is 4. The molecular formula is C11H16FN3OS. The molecule has 1 amide bonds. The number of nitrogens with two attached hydrogens (primary N) is 1. The van der Waals surface area contributed by atoms with Crippen LogP contribution in [0.25, 0.3) is 0 Å². The van der Waals surface area contributed by atoms with Crippen LogP contribution in [0.3, 0.4) is 0 Å². The van der Waals surface area contributed by atoms with Crippen LogP contribution in [-0.4, -0.2) is 16.8 Å². The SMILES string of the molecule is Nc1nsc(C(=O)NCC2CCCCC2)c1F. The van der Waals surface area contributed by atoms with Gasteiger partial charge in [-0.3, -0.25) is 4.79 Å². The van der Waals surface area contributed by atoms with Crippen LogP contribution in [0.1, 0.15) is 41.8 Å². The highest BCUT2D eigenvalue weighted by atomic mass is 32.1. The normalized spacial score (nSPS) is 17.0. The van der Waals surface area contributed by atoms with Gasteiger partial charge in [-0.05, 0) is 30.3 Å². The maximum absolute atomic E-state index is 13.3. The molecule has 6 heteroatoms. The lowest BCUT2D eigenvalue weighted by Gasteiger charge is -2.21. The van der Waals surface area contributed by atoms with Crippen LogP contribution < -0.4 is 11.1 Å². The summed E-state index contributed by atoms with van der Waals surface area (Å²) in [4.78, 5) is 11.7. The summed E-state index contributed by atoms with van der Waals surface area (Å²) in [5.41, 5.74) is 5.26. The number of carbonyl (C=O) groups is 1. The van der Waals surface area contributed by atoms with Crippen LogP contribution >= 0.6 is 11.5 Å². The van der Waals surface area contributed by atoms with Crippen LogP contribution in [0.5, 0.6) is 0 Å². The first-order chi connectivity index (χ1) is 8.18. The average Bonchev–Trinajstić information content (AvgIpc) is 2.69. The van der Waals surface area contributed by atoms with Gasteiger partial charge in [0.2, 0.25) is 0 Å². The van der Waals surface area contributed by atoms with Gasteiger partial charge >= 0.3 is 0 Å². The van der Waals surface area contributed by atoms with Crippen molar-refractivity contribution >= 4 is 23.3 Å². The Hall–Kier alpha value is -1.17. The quantitative estimate of drug-likeness (QED) is 0.872. The van der Waals surface area contributed by atoms with Crippen LogP contribution in [0, 0.1) is 11.7 Å². The Labute approximate surface area is 104 Å². The number of nitrogen functional groups attached to an aromatic ring is 1. The summed E-state index contributed by atoms with van der Waals surface area (Å²) in [6.45, 7) is 0.621. The van der Waals surface area contributed by atoms with Gasteiger partial charge in [-0.15, -0.1) is 0 Å². The van der Waals surface area contributed by atoms with Gasteiger partial charge in [0.15, 0.2) is 16.5 Å². The number of halogens is 1. The molecule has 0 aliphatic heterocycles. The molecule has 0 unspecified atom stereocenters. The van der Waals surface area contributed by atoms with Crippen molar-refractivity contribution in [3.05, 3.63) is 10.7 Å². The van der Waals surface area contributed by atoms with Gasteiger partial charge in [-0.1, -0.05) is 19.3 Å². The highest BCUT2D eigenvalue weighted by Crippen LogP contribution is 2.23. The van der Waals surface area contributed by atoms with E-state index in [4.69, 9.17) is 5.73 Å². The van der Waals surface area contributed by atoms with Gasteiger partial charge in [-0.25, -0.2) is 4.39 Å². The molecule has 4 nitrogen and oxygen atoms in total. The topological polar surface area (TPSA) is 68.0 Å². The molecule has 0 radical (unpaired) electrons. The predicted octanol–water partition coefficient (Wildman–Crippen LogP) is 2.17. The van der Waals surface area contributed by atoms with Crippen LogP contribution in [0.15, 0.2) is 0 Å². The monoisotopic (exact) mass is 257 g/mol. The van der Waals surface area contributed by atoms with E-state index in [2.05, 4.69) is 9.69 Å². The maximum atomic E-state index is 13.3. The number of anilines is 1. The Morgan fingerprint density at radius 3 is 2.76 bits per heavy atom. The maximum Gasteiger partial charge on any atom is 0.266 e. The van der Waals surface area contributed by atoms with Crippen LogP contribution in [-0.2, 0) is 0 Å². The summed E-state index contributed by atoms with van der Waals surface area (Å²) in [5.74, 6) is -0.766. The molecule has 0 saturated heterocycles. The lowest BCUT2D eigenvalue weighted by Crippen LogP contribution is -2.30. The molecule has 17 heavy (non-hydrogen) atoms. The molecule has 94 valence electrons. The molecule has 0 bridgehead atoms. The minimum Gasteiger partial charge on any atom is -0.380 e. The molecule has 2 rings (SSSR count). The van der Waals surface area contributed by atoms with E-state index in [1.807, 2.05) is 0 Å². The van der Waals surface area contributed by atoms with E-state index in [1.54, 1.807) is 0 Å². The summed E-state index contributed by atoms with van der Waals surface area (Å²) >= 11 is 0.809. The summed E-state index contributed by atoms with van der Waals surface area (Å²) in [5, 5.41) is 2.76.